The Balaban J connectivity index is 1.58. The van der Waals surface area contributed by atoms with Gasteiger partial charge in [-0.3, -0.25) is 19.2 Å². The minimum absolute atomic E-state index is 0.0287. The van der Waals surface area contributed by atoms with Crippen molar-refractivity contribution in [2.75, 3.05) is 25.1 Å². The lowest BCUT2D eigenvalue weighted by atomic mass is 9.87. The third-order valence-corrected chi connectivity index (χ3v) is 6.17. The maximum Gasteiger partial charge on any atom is 0.573 e. The second-order valence-corrected chi connectivity index (χ2v) is 8.74. The number of alkyl halides is 5. The molecule has 1 aromatic heterocycles. The number of nitrogens with zero attached hydrogens (tertiary/aromatic N) is 3. The Kier molecular flexibility index (Phi) is 8.21. The number of amides is 2. The van der Waals surface area contributed by atoms with Crippen LogP contribution in [0.3, 0.4) is 0 Å². The van der Waals surface area contributed by atoms with Crippen LogP contribution in [0.2, 0.25) is 0 Å². The number of carbonyl (C=O) groups is 2. The van der Waals surface area contributed by atoms with Gasteiger partial charge in [0.1, 0.15) is 29.7 Å². The van der Waals surface area contributed by atoms with Gasteiger partial charge in [-0.05, 0) is 24.3 Å². The molecule has 40 heavy (non-hydrogen) atoms. The fourth-order valence-electron chi connectivity index (χ4n) is 4.40. The van der Waals surface area contributed by atoms with E-state index in [2.05, 4.69) is 15.2 Å². The molecule has 1 saturated heterocycles. The normalized spacial score (nSPS) is 17.4. The van der Waals surface area contributed by atoms with E-state index in [0.29, 0.717) is 0 Å². The van der Waals surface area contributed by atoms with Crippen molar-refractivity contribution in [2.45, 2.75) is 25.3 Å². The van der Waals surface area contributed by atoms with Crippen molar-refractivity contribution in [3.8, 4) is 11.5 Å². The predicted octanol–water partition coefficient (Wildman–Crippen LogP) is 4.51. The molecule has 1 aliphatic rings. The first kappa shape index (κ1) is 28.7. The molecule has 0 radical (unpaired) electrons. The monoisotopic (exact) mass is 574 g/mol. The maximum atomic E-state index is 15.0. The molecule has 15 heteroatoms. The first-order valence-corrected chi connectivity index (χ1v) is 11.7. The minimum Gasteiger partial charge on any atom is -0.497 e. The number of hydrogen-bond donors (Lipinski definition) is 1. The van der Waals surface area contributed by atoms with E-state index in [1.165, 1.54) is 19.4 Å². The van der Waals surface area contributed by atoms with Crippen molar-refractivity contribution in [1.29, 1.82) is 0 Å². The van der Waals surface area contributed by atoms with E-state index in [4.69, 9.17) is 4.74 Å². The van der Waals surface area contributed by atoms with Crippen LogP contribution in [-0.2, 0) is 11.3 Å². The van der Waals surface area contributed by atoms with Crippen molar-refractivity contribution in [3.05, 3.63) is 71.4 Å². The number of nitrogens with one attached hydrogen (secondary N) is 1. The highest BCUT2D eigenvalue weighted by Crippen LogP contribution is 2.39. The Labute approximate surface area is 222 Å². The molecule has 3 aromatic rings. The van der Waals surface area contributed by atoms with Gasteiger partial charge in [0.05, 0.1) is 13.0 Å². The molecule has 1 unspecified atom stereocenters. The fraction of sp³-hybridized carbons (Fsp3) is 0.320. The molecule has 1 fully saturated rings. The van der Waals surface area contributed by atoms with E-state index >= 15 is 8.78 Å². The average Bonchev–Trinajstić information content (AvgIpc) is 3.45. The standard InChI is InChI=1S/C25H21F7N4O4/c1-39-15-8-18(26)22(19(27)9-15)17-11-36(21-6-7-35(34-21)12-20(28)29)24(38)16(17)10-33-23(37)13-2-4-14(5-3-13)40-25(30,31)32/h2-9,16-17,20H,10-12H2,1H3,(H,33,37)/t16?,17-/m1/s1. The van der Waals surface area contributed by atoms with Gasteiger partial charge in [0.25, 0.3) is 12.3 Å². The smallest absolute Gasteiger partial charge is 0.497 e. The number of carbonyl (C=O) groups excluding carboxylic acids is 2. The number of methoxy groups -OCH3 is 1. The highest BCUT2D eigenvalue weighted by atomic mass is 19.4. The zero-order valence-corrected chi connectivity index (χ0v) is 20.6. The molecule has 0 aliphatic carbocycles. The lowest BCUT2D eigenvalue weighted by molar-refractivity contribution is -0.274. The van der Waals surface area contributed by atoms with E-state index in [9.17, 15) is 31.5 Å². The average molecular weight is 574 g/mol. The fourth-order valence-corrected chi connectivity index (χ4v) is 4.40. The largest absolute Gasteiger partial charge is 0.573 e. The van der Waals surface area contributed by atoms with Gasteiger partial charge in [0.2, 0.25) is 5.91 Å². The lowest BCUT2D eigenvalue weighted by Crippen LogP contribution is -2.36. The van der Waals surface area contributed by atoms with Gasteiger partial charge < -0.3 is 14.8 Å². The number of aromatic nitrogens is 2. The zero-order valence-electron chi connectivity index (χ0n) is 20.6. The SMILES string of the molecule is COc1cc(F)c([C@@H]2CN(c3ccn(CC(F)F)n3)C(=O)C2CNC(=O)c2ccc(OC(F)(F)F)cc2)c(F)c1. The van der Waals surface area contributed by atoms with Gasteiger partial charge in [-0.2, -0.15) is 5.10 Å². The molecule has 2 heterocycles. The molecule has 214 valence electrons. The summed E-state index contributed by atoms with van der Waals surface area (Å²) >= 11 is 0. The molecule has 1 aliphatic heterocycles. The van der Waals surface area contributed by atoms with Crippen LogP contribution < -0.4 is 19.7 Å². The van der Waals surface area contributed by atoms with Crippen LogP contribution in [0.15, 0.2) is 48.7 Å². The van der Waals surface area contributed by atoms with Gasteiger partial charge in [0.15, 0.2) is 5.82 Å². The van der Waals surface area contributed by atoms with Crippen LogP contribution in [0.25, 0.3) is 0 Å². The second kappa shape index (κ2) is 11.4. The van der Waals surface area contributed by atoms with E-state index in [0.717, 1.165) is 46.0 Å². The Bertz CT molecular complexity index is 1360. The molecule has 4 rings (SSSR count). The first-order valence-electron chi connectivity index (χ1n) is 11.7. The molecular weight excluding hydrogens is 553 g/mol. The van der Waals surface area contributed by atoms with Crippen molar-refractivity contribution < 1.29 is 49.8 Å². The zero-order chi connectivity index (χ0) is 29.2. The van der Waals surface area contributed by atoms with Crippen molar-refractivity contribution in [1.82, 2.24) is 15.1 Å². The van der Waals surface area contributed by atoms with Gasteiger partial charge in [-0.15, -0.1) is 13.2 Å². The third kappa shape index (κ3) is 6.46. The van der Waals surface area contributed by atoms with Crippen molar-refractivity contribution in [3.63, 3.8) is 0 Å². The quantitative estimate of drug-likeness (QED) is 0.381. The summed E-state index contributed by atoms with van der Waals surface area (Å²) in [6.45, 7) is -1.43. The third-order valence-electron chi connectivity index (χ3n) is 6.17. The molecule has 0 bridgehead atoms. The van der Waals surface area contributed by atoms with E-state index in [-0.39, 0.29) is 23.7 Å². The maximum absolute atomic E-state index is 15.0. The Hall–Kier alpha value is -4.30. The van der Waals surface area contributed by atoms with Crippen LogP contribution >= 0.6 is 0 Å². The first-order chi connectivity index (χ1) is 18.9. The highest BCUT2D eigenvalue weighted by Gasteiger charge is 2.45. The van der Waals surface area contributed by atoms with Crippen LogP contribution in [0, 0.1) is 17.6 Å². The highest BCUT2D eigenvalue weighted by molar-refractivity contribution is 5.99. The number of rotatable bonds is 9. The van der Waals surface area contributed by atoms with Gasteiger partial charge >= 0.3 is 6.36 Å². The molecule has 0 saturated carbocycles. The summed E-state index contributed by atoms with van der Waals surface area (Å²) in [6, 6.07) is 7.14. The number of benzene rings is 2. The Morgan fingerprint density at radius 1 is 1.10 bits per heavy atom. The number of halogens is 7. The summed E-state index contributed by atoms with van der Waals surface area (Å²) in [5.74, 6) is -6.50. The Morgan fingerprint density at radius 2 is 1.75 bits per heavy atom. The molecule has 1 N–H and O–H groups in total. The summed E-state index contributed by atoms with van der Waals surface area (Å²) in [6.07, 6.45) is -6.41. The van der Waals surface area contributed by atoms with E-state index < -0.39 is 72.5 Å². The second-order valence-electron chi connectivity index (χ2n) is 8.74. The number of ether oxygens (including phenoxy) is 2. The predicted molar refractivity (Wildman–Crippen MR) is 125 cm³/mol. The van der Waals surface area contributed by atoms with Crippen molar-refractivity contribution in [2.24, 2.45) is 5.92 Å². The molecular formula is C25H21F7N4O4. The van der Waals surface area contributed by atoms with Crippen LogP contribution in [-0.4, -0.2) is 54.6 Å². The summed E-state index contributed by atoms with van der Waals surface area (Å²) in [5.41, 5.74) is -0.516. The number of anilines is 1. The van der Waals surface area contributed by atoms with Gasteiger partial charge in [-0.1, -0.05) is 0 Å². The summed E-state index contributed by atoms with van der Waals surface area (Å²) in [7, 11) is 1.21. The lowest BCUT2D eigenvalue weighted by Gasteiger charge is -2.19. The van der Waals surface area contributed by atoms with Crippen molar-refractivity contribution >= 4 is 17.6 Å². The molecule has 0 spiro atoms. The molecule has 2 aromatic carbocycles. The summed E-state index contributed by atoms with van der Waals surface area (Å²) < 4.78 is 102. The van der Waals surface area contributed by atoms with Crippen LogP contribution in [0.5, 0.6) is 11.5 Å². The van der Waals surface area contributed by atoms with Gasteiger partial charge in [0, 0.05) is 54.5 Å². The molecule has 2 amide bonds. The van der Waals surface area contributed by atoms with Crippen LogP contribution in [0.4, 0.5) is 36.6 Å². The van der Waals surface area contributed by atoms with Crippen LogP contribution in [0.1, 0.15) is 21.8 Å². The number of hydrogen-bond acceptors (Lipinski definition) is 5. The minimum atomic E-state index is -4.92. The van der Waals surface area contributed by atoms with Gasteiger partial charge in [-0.25, -0.2) is 17.6 Å². The summed E-state index contributed by atoms with van der Waals surface area (Å²) in [4.78, 5) is 27.1. The summed E-state index contributed by atoms with van der Waals surface area (Å²) in [5, 5.41) is 6.41. The molecule has 8 nitrogen and oxygen atoms in total. The molecule has 2 atom stereocenters. The Morgan fingerprint density at radius 3 is 2.33 bits per heavy atom. The van der Waals surface area contributed by atoms with E-state index in [1.54, 1.807) is 0 Å². The topological polar surface area (TPSA) is 85.7 Å². The van der Waals surface area contributed by atoms with E-state index in [1.807, 2.05) is 0 Å².